The van der Waals surface area contributed by atoms with Crippen LogP contribution in [0.4, 0.5) is 0 Å². The third-order valence-corrected chi connectivity index (χ3v) is 6.27. The number of hydrogen-bond acceptors (Lipinski definition) is 4. The molecule has 2 aliphatic heterocycles. The number of benzene rings is 1. The number of carbonyl (C=O) groups is 1. The molecule has 0 saturated carbocycles. The van der Waals surface area contributed by atoms with E-state index in [4.69, 9.17) is 11.6 Å². The van der Waals surface area contributed by atoms with Crippen molar-refractivity contribution in [3.8, 4) is 0 Å². The van der Waals surface area contributed by atoms with Crippen molar-refractivity contribution < 1.29 is 4.79 Å². The van der Waals surface area contributed by atoms with Gasteiger partial charge in [-0.15, -0.1) is 24.2 Å². The van der Waals surface area contributed by atoms with Crippen LogP contribution in [0.15, 0.2) is 23.1 Å². The molecule has 0 spiro atoms. The molecule has 2 N–H and O–H groups in total. The first-order valence-electron chi connectivity index (χ1n) is 7.25. The Kier molecular flexibility index (Phi) is 7.22. The van der Waals surface area contributed by atoms with E-state index in [0.717, 1.165) is 40.8 Å². The molecule has 0 radical (unpaired) electrons. The van der Waals surface area contributed by atoms with Crippen LogP contribution < -0.4 is 10.6 Å². The maximum Gasteiger partial charge on any atom is 0.222 e. The second kappa shape index (κ2) is 8.69. The Hall–Kier alpha value is -0.0700. The molecule has 0 aromatic heterocycles. The van der Waals surface area contributed by atoms with Gasteiger partial charge in [0, 0.05) is 46.2 Å². The molecule has 2 unspecified atom stereocenters. The van der Waals surface area contributed by atoms with Gasteiger partial charge in [-0.25, -0.2) is 0 Å². The summed E-state index contributed by atoms with van der Waals surface area (Å²) in [5.74, 6) is 3.34. The quantitative estimate of drug-likeness (QED) is 0.844. The zero-order chi connectivity index (χ0) is 14.7. The summed E-state index contributed by atoms with van der Waals surface area (Å²) in [6, 6.07) is 6.37. The molecule has 1 amide bonds. The van der Waals surface area contributed by atoms with Crippen molar-refractivity contribution in [1.82, 2.24) is 10.6 Å². The fourth-order valence-corrected chi connectivity index (χ4v) is 4.98. The largest absolute Gasteiger partial charge is 0.349 e. The lowest BCUT2D eigenvalue weighted by Crippen LogP contribution is -2.42. The molecule has 122 valence electrons. The highest BCUT2D eigenvalue weighted by molar-refractivity contribution is 7.99. The van der Waals surface area contributed by atoms with E-state index in [1.54, 1.807) is 0 Å². The van der Waals surface area contributed by atoms with Crippen LogP contribution in [-0.4, -0.2) is 35.8 Å². The van der Waals surface area contributed by atoms with Crippen molar-refractivity contribution in [3.05, 3.63) is 28.8 Å². The molecule has 2 aliphatic rings. The summed E-state index contributed by atoms with van der Waals surface area (Å²) < 4.78 is 0. The van der Waals surface area contributed by atoms with Gasteiger partial charge in [-0.3, -0.25) is 4.79 Å². The van der Waals surface area contributed by atoms with E-state index in [9.17, 15) is 4.79 Å². The van der Waals surface area contributed by atoms with Gasteiger partial charge >= 0.3 is 0 Å². The number of nitrogens with one attached hydrogen (secondary N) is 2. The molecule has 1 aromatic carbocycles. The molecule has 1 saturated heterocycles. The first kappa shape index (κ1) is 18.3. The van der Waals surface area contributed by atoms with Gasteiger partial charge in [0.25, 0.3) is 0 Å². The summed E-state index contributed by atoms with van der Waals surface area (Å²) >= 11 is 9.86. The molecule has 3 nitrogen and oxygen atoms in total. The third kappa shape index (κ3) is 4.71. The Morgan fingerprint density at radius 1 is 1.41 bits per heavy atom. The van der Waals surface area contributed by atoms with Crippen molar-refractivity contribution in [2.75, 3.05) is 23.8 Å². The molecule has 3 rings (SSSR count). The second-order valence-electron chi connectivity index (χ2n) is 5.37. The van der Waals surface area contributed by atoms with Crippen LogP contribution >= 0.6 is 47.5 Å². The van der Waals surface area contributed by atoms with Gasteiger partial charge in [-0.1, -0.05) is 11.6 Å². The highest BCUT2D eigenvalue weighted by Crippen LogP contribution is 2.37. The van der Waals surface area contributed by atoms with Gasteiger partial charge in [0.2, 0.25) is 5.91 Å². The highest BCUT2D eigenvalue weighted by atomic mass is 35.5. The number of hydrogen-bond donors (Lipinski definition) is 2. The molecular weight excluding hydrogens is 359 g/mol. The van der Waals surface area contributed by atoms with E-state index in [1.807, 2.05) is 35.7 Å². The Morgan fingerprint density at radius 2 is 2.27 bits per heavy atom. The van der Waals surface area contributed by atoms with Crippen LogP contribution in [-0.2, 0) is 4.79 Å². The summed E-state index contributed by atoms with van der Waals surface area (Å²) in [6.45, 7) is 1.00. The number of carbonyl (C=O) groups excluding carboxylic acids is 1. The van der Waals surface area contributed by atoms with E-state index < -0.39 is 0 Å². The van der Waals surface area contributed by atoms with Crippen molar-refractivity contribution in [2.24, 2.45) is 0 Å². The Labute approximate surface area is 151 Å². The maximum absolute atomic E-state index is 12.3. The van der Waals surface area contributed by atoms with Gasteiger partial charge in [0.15, 0.2) is 0 Å². The van der Waals surface area contributed by atoms with E-state index >= 15 is 0 Å². The lowest BCUT2D eigenvalue weighted by Gasteiger charge is -2.28. The summed E-state index contributed by atoms with van der Waals surface area (Å²) in [7, 11) is 0. The summed E-state index contributed by atoms with van der Waals surface area (Å²) in [6.07, 6.45) is 1.53. The lowest BCUT2D eigenvalue weighted by atomic mass is 10.0. The summed E-state index contributed by atoms with van der Waals surface area (Å²) in [5.41, 5.74) is 1.16. The monoisotopic (exact) mass is 378 g/mol. The van der Waals surface area contributed by atoms with Gasteiger partial charge in [0.1, 0.15) is 0 Å². The van der Waals surface area contributed by atoms with Gasteiger partial charge < -0.3 is 10.6 Å². The zero-order valence-electron chi connectivity index (χ0n) is 12.1. The topological polar surface area (TPSA) is 41.1 Å². The van der Waals surface area contributed by atoms with Crippen molar-refractivity contribution in [1.29, 1.82) is 0 Å². The second-order valence-corrected chi connectivity index (χ2v) is 8.09. The smallest absolute Gasteiger partial charge is 0.222 e. The number of fused-ring (bicyclic) bond motifs is 1. The standard InChI is InChI=1S/C15H19ClN2OS2.ClH/c16-10-1-2-14-12(7-10)13(3-5-21-14)18-15(19)8-11-9-20-6-4-17-11;/h1-2,7,11,13,17H,3-6,8-9H2,(H,18,19);1H. The van der Waals surface area contributed by atoms with Crippen molar-refractivity contribution >= 4 is 53.4 Å². The molecule has 7 heteroatoms. The first-order chi connectivity index (χ1) is 10.2. The summed E-state index contributed by atoms with van der Waals surface area (Å²) in [5, 5.41) is 7.33. The molecular formula is C15H20Cl2N2OS2. The zero-order valence-corrected chi connectivity index (χ0v) is 15.3. The van der Waals surface area contributed by atoms with Crippen LogP contribution in [0, 0.1) is 0 Å². The van der Waals surface area contributed by atoms with Crippen LogP contribution in [0.1, 0.15) is 24.4 Å². The Morgan fingerprint density at radius 3 is 3.05 bits per heavy atom. The minimum absolute atomic E-state index is 0. The predicted molar refractivity (Wildman–Crippen MR) is 98.7 cm³/mol. The highest BCUT2D eigenvalue weighted by Gasteiger charge is 2.24. The lowest BCUT2D eigenvalue weighted by molar-refractivity contribution is -0.122. The minimum atomic E-state index is 0. The average Bonchev–Trinajstić information content (AvgIpc) is 2.49. The maximum atomic E-state index is 12.3. The molecule has 22 heavy (non-hydrogen) atoms. The molecule has 0 aliphatic carbocycles. The van der Waals surface area contributed by atoms with E-state index in [-0.39, 0.29) is 24.4 Å². The van der Waals surface area contributed by atoms with Gasteiger partial charge in [-0.2, -0.15) is 11.8 Å². The summed E-state index contributed by atoms with van der Waals surface area (Å²) in [4.78, 5) is 13.5. The van der Waals surface area contributed by atoms with Crippen molar-refractivity contribution in [2.45, 2.75) is 29.8 Å². The van der Waals surface area contributed by atoms with Gasteiger partial charge in [-0.05, 0) is 30.2 Å². The first-order valence-corrected chi connectivity index (χ1v) is 9.77. The molecule has 2 heterocycles. The molecule has 2 atom stereocenters. The minimum Gasteiger partial charge on any atom is -0.349 e. The molecule has 0 bridgehead atoms. The van der Waals surface area contributed by atoms with E-state index in [0.29, 0.717) is 12.5 Å². The van der Waals surface area contributed by atoms with E-state index in [1.165, 1.54) is 4.90 Å². The average molecular weight is 379 g/mol. The molecule has 1 aromatic rings. The number of halogens is 2. The fourth-order valence-electron chi connectivity index (χ4n) is 2.74. The van der Waals surface area contributed by atoms with Crippen LogP contribution in [0.25, 0.3) is 0 Å². The third-order valence-electron chi connectivity index (χ3n) is 3.78. The predicted octanol–water partition coefficient (Wildman–Crippen LogP) is 3.51. The van der Waals surface area contributed by atoms with E-state index in [2.05, 4.69) is 16.7 Å². The van der Waals surface area contributed by atoms with Crippen LogP contribution in [0.5, 0.6) is 0 Å². The number of rotatable bonds is 3. The van der Waals surface area contributed by atoms with Gasteiger partial charge in [0.05, 0.1) is 6.04 Å². The molecule has 1 fully saturated rings. The Balaban J connectivity index is 0.00000176. The number of thioether (sulfide) groups is 2. The fraction of sp³-hybridized carbons (Fsp3) is 0.533. The number of amides is 1. The normalized spacial score (nSPS) is 24.0. The Bertz CT molecular complexity index is 524. The SMILES string of the molecule is Cl.O=C(CC1CSCCN1)NC1CCSc2ccc(Cl)cc21. The van der Waals surface area contributed by atoms with Crippen molar-refractivity contribution in [3.63, 3.8) is 0 Å². The van der Waals surface area contributed by atoms with Crippen LogP contribution in [0.3, 0.4) is 0 Å². The van der Waals surface area contributed by atoms with Crippen LogP contribution in [0.2, 0.25) is 5.02 Å².